The Morgan fingerprint density at radius 2 is 1.95 bits per heavy atom. The third-order valence-electron chi connectivity index (χ3n) is 4.80. The molecule has 3 rings (SSSR count). The van der Waals surface area contributed by atoms with E-state index in [0.717, 1.165) is 32.5 Å². The van der Waals surface area contributed by atoms with Gasteiger partial charge in [-0.25, -0.2) is 0 Å². The summed E-state index contributed by atoms with van der Waals surface area (Å²) in [6.45, 7) is 2.85. The number of piperidine rings is 1. The number of alkyl halides is 1. The van der Waals surface area contributed by atoms with E-state index in [-0.39, 0.29) is 11.8 Å². The summed E-state index contributed by atoms with van der Waals surface area (Å²) >= 11 is 5.79. The van der Waals surface area contributed by atoms with Crippen molar-refractivity contribution < 1.29 is 4.79 Å². The maximum atomic E-state index is 12.1. The third kappa shape index (κ3) is 4.02. The zero-order valence-corrected chi connectivity index (χ0v) is 13.8. The lowest BCUT2D eigenvalue weighted by atomic mass is 10.0. The molecule has 1 amide bonds. The van der Waals surface area contributed by atoms with Gasteiger partial charge in [0.1, 0.15) is 5.88 Å². The highest BCUT2D eigenvalue weighted by atomic mass is 35.5. The van der Waals surface area contributed by atoms with Crippen molar-refractivity contribution >= 4 is 17.5 Å². The van der Waals surface area contributed by atoms with E-state index in [1.807, 2.05) is 4.90 Å². The van der Waals surface area contributed by atoms with Crippen LogP contribution in [0, 0.1) is 0 Å². The Bertz CT molecular complexity index is 489. The smallest absolute Gasteiger partial charge is 0.237 e. The molecule has 1 aliphatic carbocycles. The average molecular weight is 321 g/mol. The fourth-order valence-electron chi connectivity index (χ4n) is 3.47. The van der Waals surface area contributed by atoms with E-state index in [0.29, 0.717) is 12.1 Å². The van der Waals surface area contributed by atoms with Crippen LogP contribution in [0.4, 0.5) is 0 Å². The molecule has 1 aromatic carbocycles. The monoisotopic (exact) mass is 320 g/mol. The van der Waals surface area contributed by atoms with Crippen molar-refractivity contribution in [3.05, 3.63) is 35.9 Å². The number of carbonyl (C=O) groups is 1. The van der Waals surface area contributed by atoms with Crippen LogP contribution >= 0.6 is 11.6 Å². The van der Waals surface area contributed by atoms with Gasteiger partial charge in [0.05, 0.1) is 0 Å². The molecule has 1 unspecified atom stereocenters. The van der Waals surface area contributed by atoms with E-state index >= 15 is 0 Å². The van der Waals surface area contributed by atoms with Gasteiger partial charge in [0.2, 0.25) is 5.91 Å². The van der Waals surface area contributed by atoms with Gasteiger partial charge in [0.15, 0.2) is 0 Å². The number of hydrogen-bond donors (Lipinski definition) is 0. The number of likely N-dealkylation sites (tertiary alicyclic amines) is 1. The zero-order valence-electron chi connectivity index (χ0n) is 13.1. The molecule has 0 spiro atoms. The second-order valence-corrected chi connectivity index (χ2v) is 6.78. The van der Waals surface area contributed by atoms with Crippen LogP contribution in [-0.4, -0.2) is 46.8 Å². The molecule has 0 radical (unpaired) electrons. The number of halogens is 1. The van der Waals surface area contributed by atoms with Crippen molar-refractivity contribution in [2.45, 2.75) is 50.7 Å². The summed E-state index contributed by atoms with van der Waals surface area (Å²) in [6.07, 6.45) is 6.04. The molecule has 1 aliphatic heterocycles. The maximum Gasteiger partial charge on any atom is 0.237 e. The minimum atomic E-state index is 0.0989. The minimum absolute atomic E-state index is 0.0989. The van der Waals surface area contributed by atoms with Crippen molar-refractivity contribution in [3.8, 4) is 0 Å². The summed E-state index contributed by atoms with van der Waals surface area (Å²) in [5.74, 6) is 0.209. The molecular weight excluding hydrogens is 296 g/mol. The van der Waals surface area contributed by atoms with Crippen LogP contribution in [-0.2, 0) is 11.3 Å². The van der Waals surface area contributed by atoms with Gasteiger partial charge in [-0.15, -0.1) is 11.6 Å². The number of amides is 1. The van der Waals surface area contributed by atoms with Crippen LogP contribution in [0.25, 0.3) is 0 Å². The topological polar surface area (TPSA) is 23.6 Å². The molecule has 120 valence electrons. The van der Waals surface area contributed by atoms with Gasteiger partial charge < -0.3 is 4.90 Å². The molecule has 1 aromatic rings. The lowest BCUT2D eigenvalue weighted by molar-refractivity contribution is -0.132. The molecular formula is C18H25ClN2O. The predicted octanol–water partition coefficient (Wildman–Crippen LogP) is 3.27. The first kappa shape index (κ1) is 15.8. The van der Waals surface area contributed by atoms with Gasteiger partial charge in [0, 0.05) is 31.7 Å². The summed E-state index contributed by atoms with van der Waals surface area (Å²) in [5, 5.41) is 0. The van der Waals surface area contributed by atoms with E-state index < -0.39 is 0 Å². The van der Waals surface area contributed by atoms with Crippen molar-refractivity contribution in [1.82, 2.24) is 9.80 Å². The SMILES string of the molecule is O=C(CCl)N1CCCCC1CN(Cc1ccccc1)C1CC1. The highest BCUT2D eigenvalue weighted by Gasteiger charge is 2.34. The van der Waals surface area contributed by atoms with E-state index in [4.69, 9.17) is 11.6 Å². The van der Waals surface area contributed by atoms with E-state index in [1.165, 1.54) is 24.8 Å². The Hall–Kier alpha value is -1.06. The number of nitrogens with zero attached hydrogens (tertiary/aromatic N) is 2. The molecule has 0 bridgehead atoms. The van der Waals surface area contributed by atoms with Crippen molar-refractivity contribution in [3.63, 3.8) is 0 Å². The standard InChI is InChI=1S/C18H25ClN2O/c19-12-18(22)21-11-5-4-8-17(21)14-20(16-9-10-16)13-15-6-2-1-3-7-15/h1-3,6-7,16-17H,4-5,8-14H2. The van der Waals surface area contributed by atoms with Crippen LogP contribution in [0.2, 0.25) is 0 Å². The summed E-state index contributed by atoms with van der Waals surface area (Å²) in [4.78, 5) is 16.7. The van der Waals surface area contributed by atoms with Gasteiger partial charge in [-0.05, 0) is 37.7 Å². The number of hydrogen-bond acceptors (Lipinski definition) is 2. The summed E-state index contributed by atoms with van der Waals surface area (Å²) < 4.78 is 0. The average Bonchev–Trinajstić information content (AvgIpc) is 3.40. The zero-order chi connectivity index (χ0) is 15.4. The molecule has 0 N–H and O–H groups in total. The van der Waals surface area contributed by atoms with E-state index in [9.17, 15) is 4.79 Å². The van der Waals surface area contributed by atoms with Crippen LogP contribution in [0.3, 0.4) is 0 Å². The van der Waals surface area contributed by atoms with Gasteiger partial charge in [0.25, 0.3) is 0 Å². The maximum absolute atomic E-state index is 12.1. The Morgan fingerprint density at radius 3 is 2.64 bits per heavy atom. The fraction of sp³-hybridized carbons (Fsp3) is 0.611. The highest BCUT2D eigenvalue weighted by Crippen LogP contribution is 2.30. The number of rotatable bonds is 6. The van der Waals surface area contributed by atoms with Crippen LogP contribution in [0.15, 0.2) is 30.3 Å². The normalized spacial score (nSPS) is 22.1. The second-order valence-electron chi connectivity index (χ2n) is 6.52. The summed E-state index contributed by atoms with van der Waals surface area (Å²) in [6, 6.07) is 11.7. The molecule has 0 aromatic heterocycles. The van der Waals surface area contributed by atoms with Gasteiger partial charge in [-0.1, -0.05) is 30.3 Å². The third-order valence-corrected chi connectivity index (χ3v) is 5.03. The van der Waals surface area contributed by atoms with Gasteiger partial charge in [-0.3, -0.25) is 9.69 Å². The first-order chi connectivity index (χ1) is 10.8. The quantitative estimate of drug-likeness (QED) is 0.751. The largest absolute Gasteiger partial charge is 0.337 e. The van der Waals surface area contributed by atoms with Crippen molar-refractivity contribution in [2.75, 3.05) is 19.0 Å². The van der Waals surface area contributed by atoms with Crippen molar-refractivity contribution in [2.24, 2.45) is 0 Å². The van der Waals surface area contributed by atoms with Gasteiger partial charge in [-0.2, -0.15) is 0 Å². The van der Waals surface area contributed by atoms with Crippen LogP contribution in [0.5, 0.6) is 0 Å². The minimum Gasteiger partial charge on any atom is -0.337 e. The number of benzene rings is 1. The Kier molecular flexibility index (Phi) is 5.37. The Morgan fingerprint density at radius 1 is 1.18 bits per heavy atom. The predicted molar refractivity (Wildman–Crippen MR) is 89.9 cm³/mol. The molecule has 2 fully saturated rings. The first-order valence-corrected chi connectivity index (χ1v) is 8.95. The fourth-order valence-corrected chi connectivity index (χ4v) is 3.62. The first-order valence-electron chi connectivity index (χ1n) is 8.41. The number of carbonyl (C=O) groups excluding carboxylic acids is 1. The molecule has 2 aliphatic rings. The second kappa shape index (κ2) is 7.47. The highest BCUT2D eigenvalue weighted by molar-refractivity contribution is 6.27. The molecule has 22 heavy (non-hydrogen) atoms. The van der Waals surface area contributed by atoms with E-state index in [1.54, 1.807) is 0 Å². The van der Waals surface area contributed by atoms with Crippen LogP contribution in [0.1, 0.15) is 37.7 Å². The molecule has 4 heteroatoms. The summed E-state index contributed by atoms with van der Waals surface area (Å²) in [7, 11) is 0. The van der Waals surface area contributed by atoms with Crippen LogP contribution < -0.4 is 0 Å². The van der Waals surface area contributed by atoms with Crippen molar-refractivity contribution in [1.29, 1.82) is 0 Å². The van der Waals surface area contributed by atoms with Gasteiger partial charge >= 0.3 is 0 Å². The lowest BCUT2D eigenvalue weighted by Gasteiger charge is -2.38. The van der Waals surface area contributed by atoms with E-state index in [2.05, 4.69) is 35.2 Å². The molecule has 1 heterocycles. The Balaban J connectivity index is 1.65. The molecule has 1 saturated carbocycles. The molecule has 1 saturated heterocycles. The Labute approximate surface area is 138 Å². The summed E-state index contributed by atoms with van der Waals surface area (Å²) in [5.41, 5.74) is 1.36. The molecule has 3 nitrogen and oxygen atoms in total. The lowest BCUT2D eigenvalue weighted by Crippen LogP contribution is -2.50. The molecule has 1 atom stereocenters.